The second-order valence-corrected chi connectivity index (χ2v) is 5.79. The lowest BCUT2D eigenvalue weighted by Gasteiger charge is -2.40. The van der Waals surface area contributed by atoms with Crippen molar-refractivity contribution >= 4 is 11.8 Å². The van der Waals surface area contributed by atoms with Crippen molar-refractivity contribution in [1.29, 1.82) is 0 Å². The van der Waals surface area contributed by atoms with Crippen molar-refractivity contribution in [2.45, 2.75) is 18.2 Å². The molecule has 2 rings (SSSR count). The summed E-state index contributed by atoms with van der Waals surface area (Å²) in [4.78, 5) is 1.35. The molecule has 0 bridgehead atoms. The number of ether oxygens (including phenoxy) is 1. The standard InChI is InChI=1S/C13H19NOS/c1-2-16-12-5-3-11(4-6-12)7-13(8-14)9-15-10-13/h3-6H,2,7-10,14H2,1H3. The number of hydrogen-bond donors (Lipinski definition) is 1. The molecule has 3 heteroatoms. The molecule has 1 heterocycles. The second-order valence-electron chi connectivity index (χ2n) is 4.45. The maximum Gasteiger partial charge on any atom is 0.0560 e. The molecule has 0 aromatic heterocycles. The van der Waals surface area contributed by atoms with Crippen molar-refractivity contribution in [2.75, 3.05) is 25.5 Å². The Balaban J connectivity index is 1.99. The normalized spacial score (nSPS) is 18.1. The van der Waals surface area contributed by atoms with Gasteiger partial charge in [0.2, 0.25) is 0 Å². The monoisotopic (exact) mass is 237 g/mol. The molecule has 1 aromatic rings. The molecule has 1 fully saturated rings. The highest BCUT2D eigenvalue weighted by Crippen LogP contribution is 2.31. The van der Waals surface area contributed by atoms with Gasteiger partial charge in [0.25, 0.3) is 0 Å². The molecule has 1 aromatic carbocycles. The van der Waals surface area contributed by atoms with Gasteiger partial charge in [-0.15, -0.1) is 11.8 Å². The van der Waals surface area contributed by atoms with Crippen LogP contribution in [0, 0.1) is 5.41 Å². The molecule has 0 aliphatic carbocycles. The average Bonchev–Trinajstić information content (AvgIpc) is 2.26. The first-order chi connectivity index (χ1) is 7.78. The van der Waals surface area contributed by atoms with Gasteiger partial charge in [0.05, 0.1) is 13.2 Å². The van der Waals surface area contributed by atoms with Gasteiger partial charge in [-0.1, -0.05) is 19.1 Å². The fourth-order valence-corrected chi connectivity index (χ4v) is 2.65. The highest BCUT2D eigenvalue weighted by molar-refractivity contribution is 7.99. The van der Waals surface area contributed by atoms with E-state index in [0.29, 0.717) is 0 Å². The Hall–Kier alpha value is -0.510. The molecule has 1 aliphatic heterocycles. The Morgan fingerprint density at radius 2 is 2.00 bits per heavy atom. The molecule has 0 unspecified atom stereocenters. The van der Waals surface area contributed by atoms with Gasteiger partial charge in [0.15, 0.2) is 0 Å². The molecule has 0 spiro atoms. The third-order valence-corrected chi connectivity index (χ3v) is 3.96. The Morgan fingerprint density at radius 1 is 1.31 bits per heavy atom. The first-order valence-corrected chi connectivity index (χ1v) is 6.76. The number of thioether (sulfide) groups is 1. The summed E-state index contributed by atoms with van der Waals surface area (Å²) in [5.41, 5.74) is 7.39. The lowest BCUT2D eigenvalue weighted by molar-refractivity contribution is -0.106. The summed E-state index contributed by atoms with van der Waals surface area (Å²) in [7, 11) is 0. The minimum Gasteiger partial charge on any atom is -0.380 e. The van der Waals surface area contributed by atoms with Crippen LogP contribution in [0.2, 0.25) is 0 Å². The molecule has 2 nitrogen and oxygen atoms in total. The van der Waals surface area contributed by atoms with Crippen molar-refractivity contribution in [3.8, 4) is 0 Å². The SMILES string of the molecule is CCSc1ccc(CC2(CN)COC2)cc1. The lowest BCUT2D eigenvalue weighted by Crippen LogP contribution is -2.49. The van der Waals surface area contributed by atoms with Crippen LogP contribution < -0.4 is 5.73 Å². The van der Waals surface area contributed by atoms with Crippen LogP contribution in [0.5, 0.6) is 0 Å². The third-order valence-electron chi connectivity index (χ3n) is 3.06. The zero-order valence-electron chi connectivity index (χ0n) is 9.74. The van der Waals surface area contributed by atoms with Crippen molar-refractivity contribution < 1.29 is 4.74 Å². The first kappa shape index (κ1) is 12.0. The molecular weight excluding hydrogens is 218 g/mol. The van der Waals surface area contributed by atoms with E-state index >= 15 is 0 Å². The first-order valence-electron chi connectivity index (χ1n) is 5.77. The zero-order chi connectivity index (χ0) is 11.4. The van der Waals surface area contributed by atoms with Crippen molar-refractivity contribution in [2.24, 2.45) is 11.1 Å². The predicted octanol–water partition coefficient (Wildman–Crippen LogP) is 2.32. The van der Waals surface area contributed by atoms with E-state index < -0.39 is 0 Å². The molecule has 2 N–H and O–H groups in total. The largest absolute Gasteiger partial charge is 0.380 e. The summed E-state index contributed by atoms with van der Waals surface area (Å²) in [6.07, 6.45) is 1.04. The summed E-state index contributed by atoms with van der Waals surface area (Å²) in [5, 5.41) is 0. The average molecular weight is 237 g/mol. The molecule has 0 atom stereocenters. The van der Waals surface area contributed by atoms with Crippen LogP contribution in [-0.4, -0.2) is 25.5 Å². The molecule has 1 saturated heterocycles. The maximum atomic E-state index is 5.81. The summed E-state index contributed by atoms with van der Waals surface area (Å²) < 4.78 is 5.28. The van der Waals surface area contributed by atoms with Crippen LogP contribution in [0.1, 0.15) is 12.5 Å². The van der Waals surface area contributed by atoms with Crippen molar-refractivity contribution in [1.82, 2.24) is 0 Å². The van der Waals surface area contributed by atoms with Crippen LogP contribution in [0.3, 0.4) is 0 Å². The number of hydrogen-bond acceptors (Lipinski definition) is 3. The molecular formula is C13H19NOS. The molecule has 0 radical (unpaired) electrons. The number of rotatable bonds is 5. The van der Waals surface area contributed by atoms with E-state index in [4.69, 9.17) is 10.5 Å². The van der Waals surface area contributed by atoms with Crippen LogP contribution in [-0.2, 0) is 11.2 Å². The van der Waals surface area contributed by atoms with E-state index in [1.54, 1.807) is 0 Å². The van der Waals surface area contributed by atoms with Crippen LogP contribution in [0.25, 0.3) is 0 Å². The van der Waals surface area contributed by atoms with E-state index in [2.05, 4.69) is 31.2 Å². The summed E-state index contributed by atoms with van der Waals surface area (Å²) >= 11 is 1.88. The van der Waals surface area contributed by atoms with Gasteiger partial charge in [-0.2, -0.15) is 0 Å². The maximum absolute atomic E-state index is 5.81. The third kappa shape index (κ3) is 2.59. The summed E-state index contributed by atoms with van der Waals surface area (Å²) in [5.74, 6) is 1.12. The zero-order valence-corrected chi connectivity index (χ0v) is 10.6. The topological polar surface area (TPSA) is 35.2 Å². The lowest BCUT2D eigenvalue weighted by atomic mass is 9.80. The summed E-state index contributed by atoms with van der Waals surface area (Å²) in [6.45, 7) is 4.52. The highest BCUT2D eigenvalue weighted by atomic mass is 32.2. The van der Waals surface area contributed by atoms with Crippen LogP contribution in [0.15, 0.2) is 29.2 Å². The van der Waals surface area contributed by atoms with Gasteiger partial charge in [0.1, 0.15) is 0 Å². The number of benzene rings is 1. The van der Waals surface area contributed by atoms with E-state index in [0.717, 1.165) is 31.9 Å². The predicted molar refractivity (Wildman–Crippen MR) is 68.9 cm³/mol. The van der Waals surface area contributed by atoms with E-state index in [9.17, 15) is 0 Å². The van der Waals surface area contributed by atoms with Gasteiger partial charge in [0, 0.05) is 16.9 Å². The molecule has 88 valence electrons. The van der Waals surface area contributed by atoms with Crippen molar-refractivity contribution in [3.05, 3.63) is 29.8 Å². The smallest absolute Gasteiger partial charge is 0.0560 e. The van der Waals surface area contributed by atoms with E-state index in [-0.39, 0.29) is 5.41 Å². The van der Waals surface area contributed by atoms with Crippen LogP contribution in [0.4, 0.5) is 0 Å². The quantitative estimate of drug-likeness (QED) is 0.798. The number of nitrogens with two attached hydrogens (primary N) is 1. The van der Waals surface area contributed by atoms with Gasteiger partial charge < -0.3 is 10.5 Å². The van der Waals surface area contributed by atoms with E-state index in [1.165, 1.54) is 10.5 Å². The molecule has 0 saturated carbocycles. The van der Waals surface area contributed by atoms with Crippen LogP contribution >= 0.6 is 11.8 Å². The molecule has 0 amide bonds. The second kappa shape index (κ2) is 5.21. The van der Waals surface area contributed by atoms with Gasteiger partial charge in [-0.05, 0) is 29.9 Å². The van der Waals surface area contributed by atoms with Crippen molar-refractivity contribution in [3.63, 3.8) is 0 Å². The van der Waals surface area contributed by atoms with Gasteiger partial charge >= 0.3 is 0 Å². The Kier molecular flexibility index (Phi) is 3.90. The van der Waals surface area contributed by atoms with Gasteiger partial charge in [-0.3, -0.25) is 0 Å². The minimum absolute atomic E-state index is 0.208. The highest BCUT2D eigenvalue weighted by Gasteiger charge is 2.37. The minimum atomic E-state index is 0.208. The fraction of sp³-hybridized carbons (Fsp3) is 0.538. The molecule has 16 heavy (non-hydrogen) atoms. The fourth-order valence-electron chi connectivity index (χ4n) is 1.99. The Bertz CT molecular complexity index is 327. The van der Waals surface area contributed by atoms with E-state index in [1.807, 2.05) is 11.8 Å². The Labute approximate surface area is 102 Å². The summed E-state index contributed by atoms with van der Waals surface area (Å²) in [6, 6.07) is 8.84. The Morgan fingerprint density at radius 3 is 2.44 bits per heavy atom. The van der Waals surface area contributed by atoms with Gasteiger partial charge in [-0.25, -0.2) is 0 Å². The molecule has 1 aliphatic rings.